The van der Waals surface area contributed by atoms with Gasteiger partial charge in [-0.05, 0) is 48.2 Å². The number of Topliss-reactive ketones (excluding diaryl/α,β-unsaturated/α-hetero) is 1. The van der Waals surface area contributed by atoms with Crippen molar-refractivity contribution in [2.24, 2.45) is 5.92 Å². The topological polar surface area (TPSA) is 72.2 Å². The highest BCUT2D eigenvalue weighted by Gasteiger charge is 2.29. The van der Waals surface area contributed by atoms with Gasteiger partial charge < -0.3 is 11.1 Å². The molecular formula is C25H26N2O2. The maximum atomic E-state index is 12.5. The molecule has 1 atom stereocenters. The molecule has 0 spiro atoms. The number of benzene rings is 3. The minimum Gasteiger partial charge on any atom is -0.397 e. The second kappa shape index (κ2) is 9.20. The summed E-state index contributed by atoms with van der Waals surface area (Å²) in [7, 11) is 0. The molecule has 0 aromatic heterocycles. The molecule has 3 N–H and O–H groups in total. The number of ketones is 1. The summed E-state index contributed by atoms with van der Waals surface area (Å²) in [5.41, 5.74) is 10.6. The number of nitrogens with two attached hydrogens (primary N) is 1. The molecule has 0 saturated heterocycles. The number of nitrogen functional groups attached to an aromatic ring is 1. The van der Waals surface area contributed by atoms with Gasteiger partial charge in [0.25, 0.3) is 5.91 Å². The van der Waals surface area contributed by atoms with Crippen LogP contribution in [0.15, 0.2) is 72.8 Å². The third-order valence-electron chi connectivity index (χ3n) is 5.03. The molecule has 0 bridgehead atoms. The minimum atomic E-state index is -0.205. The zero-order valence-electron chi connectivity index (χ0n) is 16.8. The quantitative estimate of drug-likeness (QED) is 0.610. The van der Waals surface area contributed by atoms with E-state index in [0.717, 1.165) is 23.1 Å². The van der Waals surface area contributed by atoms with Crippen LogP contribution in [0.4, 0.5) is 11.4 Å². The monoisotopic (exact) mass is 386 g/mol. The van der Waals surface area contributed by atoms with Gasteiger partial charge in [-0.2, -0.15) is 0 Å². The van der Waals surface area contributed by atoms with Crippen LogP contribution in [-0.4, -0.2) is 11.7 Å². The standard InChI is InChI=1S/C23H20N2O2.C2H6/c24-20-7-3-4-8-21(20)25-23(27)16-11-9-15(10-12-16)13-18-14-17-5-1-2-6-19(17)22(18)26;1-2/h1-12,18H,13-14,24H2,(H,25,27);1-2H3. The first-order chi connectivity index (χ1) is 14.1. The van der Waals surface area contributed by atoms with Crippen LogP contribution in [0.5, 0.6) is 0 Å². The molecule has 0 heterocycles. The second-order valence-electron chi connectivity index (χ2n) is 6.86. The Hall–Kier alpha value is -3.40. The van der Waals surface area contributed by atoms with Crippen molar-refractivity contribution in [3.63, 3.8) is 0 Å². The molecule has 1 unspecified atom stereocenters. The summed E-state index contributed by atoms with van der Waals surface area (Å²) in [5.74, 6) is -0.0121. The number of para-hydroxylation sites is 2. The summed E-state index contributed by atoms with van der Waals surface area (Å²) in [5, 5.41) is 2.82. The fourth-order valence-corrected chi connectivity index (χ4v) is 3.56. The summed E-state index contributed by atoms with van der Waals surface area (Å²) < 4.78 is 0. The highest BCUT2D eigenvalue weighted by molar-refractivity contribution is 6.05. The van der Waals surface area contributed by atoms with Crippen molar-refractivity contribution in [2.45, 2.75) is 26.7 Å². The molecule has 0 saturated carbocycles. The van der Waals surface area contributed by atoms with Gasteiger partial charge in [0.1, 0.15) is 0 Å². The lowest BCUT2D eigenvalue weighted by Gasteiger charge is -2.10. The average molecular weight is 386 g/mol. The Balaban J connectivity index is 0.00000117. The number of rotatable bonds is 4. The van der Waals surface area contributed by atoms with E-state index >= 15 is 0 Å². The van der Waals surface area contributed by atoms with E-state index in [4.69, 9.17) is 5.73 Å². The van der Waals surface area contributed by atoms with Crippen LogP contribution in [0.3, 0.4) is 0 Å². The Morgan fingerprint density at radius 3 is 2.31 bits per heavy atom. The Morgan fingerprint density at radius 2 is 1.62 bits per heavy atom. The fourth-order valence-electron chi connectivity index (χ4n) is 3.56. The Bertz CT molecular complexity index is 1010. The van der Waals surface area contributed by atoms with Crippen LogP contribution < -0.4 is 11.1 Å². The van der Waals surface area contributed by atoms with Crippen molar-refractivity contribution in [1.29, 1.82) is 0 Å². The number of fused-ring (bicyclic) bond motifs is 1. The van der Waals surface area contributed by atoms with E-state index in [2.05, 4.69) is 5.32 Å². The van der Waals surface area contributed by atoms with Crippen LogP contribution in [0.25, 0.3) is 0 Å². The molecule has 0 aliphatic heterocycles. The van der Waals surface area contributed by atoms with Crippen LogP contribution >= 0.6 is 0 Å². The number of hydrogen-bond acceptors (Lipinski definition) is 3. The van der Waals surface area contributed by atoms with Crippen molar-refractivity contribution < 1.29 is 9.59 Å². The molecule has 1 aliphatic carbocycles. The number of carbonyl (C=O) groups is 2. The molecule has 148 valence electrons. The highest BCUT2D eigenvalue weighted by atomic mass is 16.1. The van der Waals surface area contributed by atoms with Crippen LogP contribution in [0.1, 0.15) is 45.7 Å². The van der Waals surface area contributed by atoms with Gasteiger partial charge in [-0.1, -0.05) is 62.4 Å². The van der Waals surface area contributed by atoms with Crippen molar-refractivity contribution in [3.8, 4) is 0 Å². The molecule has 4 rings (SSSR count). The lowest BCUT2D eigenvalue weighted by Crippen LogP contribution is -2.14. The van der Waals surface area contributed by atoms with Crippen LogP contribution in [-0.2, 0) is 12.8 Å². The number of nitrogens with one attached hydrogen (secondary N) is 1. The van der Waals surface area contributed by atoms with Crippen molar-refractivity contribution in [2.75, 3.05) is 11.1 Å². The van der Waals surface area contributed by atoms with E-state index in [1.807, 2.05) is 62.4 Å². The normalized spacial score (nSPS) is 14.6. The first kappa shape index (κ1) is 20.3. The Labute approximate surface area is 171 Å². The first-order valence-corrected chi connectivity index (χ1v) is 9.99. The SMILES string of the molecule is CC.Nc1ccccc1NC(=O)c1ccc(CC2Cc3ccccc3C2=O)cc1. The summed E-state index contributed by atoms with van der Waals surface area (Å²) in [4.78, 5) is 24.9. The smallest absolute Gasteiger partial charge is 0.255 e. The summed E-state index contributed by atoms with van der Waals surface area (Å²) in [6.45, 7) is 4.00. The molecule has 1 amide bonds. The Kier molecular flexibility index (Phi) is 6.45. The van der Waals surface area contributed by atoms with Gasteiger partial charge in [-0.25, -0.2) is 0 Å². The lowest BCUT2D eigenvalue weighted by molar-refractivity contribution is 0.0935. The van der Waals surface area contributed by atoms with Crippen molar-refractivity contribution in [3.05, 3.63) is 95.1 Å². The largest absolute Gasteiger partial charge is 0.397 e. The lowest BCUT2D eigenvalue weighted by atomic mass is 9.95. The molecule has 3 aromatic carbocycles. The molecule has 1 aliphatic rings. The second-order valence-corrected chi connectivity index (χ2v) is 6.86. The van der Waals surface area contributed by atoms with Crippen molar-refractivity contribution >= 4 is 23.1 Å². The highest BCUT2D eigenvalue weighted by Crippen LogP contribution is 2.29. The average Bonchev–Trinajstić information content (AvgIpc) is 3.07. The van der Waals surface area contributed by atoms with Gasteiger partial charge in [0.2, 0.25) is 0 Å². The van der Waals surface area contributed by atoms with Gasteiger partial charge in [0.05, 0.1) is 11.4 Å². The van der Waals surface area contributed by atoms with E-state index in [0.29, 0.717) is 23.4 Å². The molecule has 29 heavy (non-hydrogen) atoms. The summed E-state index contributed by atoms with van der Waals surface area (Å²) in [6.07, 6.45) is 1.46. The van der Waals surface area contributed by atoms with Gasteiger partial charge in [0.15, 0.2) is 5.78 Å². The molecular weight excluding hydrogens is 360 g/mol. The van der Waals surface area contributed by atoms with Gasteiger partial charge in [0, 0.05) is 17.0 Å². The molecule has 0 fully saturated rings. The molecule has 3 aromatic rings. The zero-order valence-corrected chi connectivity index (χ0v) is 16.8. The summed E-state index contributed by atoms with van der Waals surface area (Å²) in [6, 6.07) is 22.4. The maximum Gasteiger partial charge on any atom is 0.255 e. The number of carbonyl (C=O) groups excluding carboxylic acids is 2. The third kappa shape index (κ3) is 4.54. The van der Waals surface area contributed by atoms with Gasteiger partial charge in [-0.3, -0.25) is 9.59 Å². The van der Waals surface area contributed by atoms with E-state index in [9.17, 15) is 9.59 Å². The number of amides is 1. The van der Waals surface area contributed by atoms with E-state index < -0.39 is 0 Å². The number of hydrogen-bond donors (Lipinski definition) is 2. The molecule has 4 heteroatoms. The van der Waals surface area contributed by atoms with E-state index in [1.54, 1.807) is 24.3 Å². The van der Waals surface area contributed by atoms with Crippen molar-refractivity contribution in [1.82, 2.24) is 0 Å². The number of anilines is 2. The molecule has 0 radical (unpaired) electrons. The first-order valence-electron chi connectivity index (χ1n) is 9.99. The van der Waals surface area contributed by atoms with Crippen LogP contribution in [0.2, 0.25) is 0 Å². The Morgan fingerprint density at radius 1 is 0.966 bits per heavy atom. The van der Waals surface area contributed by atoms with E-state index in [1.165, 1.54) is 0 Å². The minimum absolute atomic E-state index is 0.0220. The van der Waals surface area contributed by atoms with Gasteiger partial charge in [-0.15, -0.1) is 0 Å². The van der Waals surface area contributed by atoms with E-state index in [-0.39, 0.29) is 17.6 Å². The molecule has 4 nitrogen and oxygen atoms in total. The maximum absolute atomic E-state index is 12.5. The van der Waals surface area contributed by atoms with Gasteiger partial charge >= 0.3 is 0 Å². The van der Waals surface area contributed by atoms with Crippen LogP contribution in [0, 0.1) is 5.92 Å². The fraction of sp³-hybridized carbons (Fsp3) is 0.200. The predicted molar refractivity (Wildman–Crippen MR) is 118 cm³/mol. The zero-order chi connectivity index (χ0) is 20.8. The summed E-state index contributed by atoms with van der Waals surface area (Å²) >= 11 is 0. The predicted octanol–water partition coefficient (Wildman–Crippen LogP) is 5.15. The third-order valence-corrected chi connectivity index (χ3v) is 5.03.